The Morgan fingerprint density at radius 1 is 1.07 bits per heavy atom. The summed E-state index contributed by atoms with van der Waals surface area (Å²) in [6.07, 6.45) is 1.92. The number of hydrogen-bond donors (Lipinski definition) is 1. The van der Waals surface area contributed by atoms with E-state index in [0.717, 1.165) is 5.56 Å². The Kier molecular flexibility index (Phi) is 7.45. The Hall–Kier alpha value is -3.33. The lowest BCUT2D eigenvalue weighted by Crippen LogP contribution is -2.21. The van der Waals surface area contributed by atoms with E-state index < -0.39 is 0 Å². The van der Waals surface area contributed by atoms with E-state index in [2.05, 4.69) is 25.7 Å². The normalized spacial score (nSPS) is 11.3. The Bertz CT molecular complexity index is 1030. The molecule has 0 spiro atoms. The summed E-state index contributed by atoms with van der Waals surface area (Å²) < 4.78 is 1.94. The monoisotopic (exact) mass is 422 g/mol. The van der Waals surface area contributed by atoms with Crippen molar-refractivity contribution in [2.45, 2.75) is 32.0 Å². The van der Waals surface area contributed by atoms with Gasteiger partial charge in [-0.05, 0) is 31.5 Å². The van der Waals surface area contributed by atoms with Crippen LogP contribution in [0.3, 0.4) is 0 Å². The van der Waals surface area contributed by atoms with Gasteiger partial charge in [-0.1, -0.05) is 48.2 Å². The number of benzene rings is 1. The van der Waals surface area contributed by atoms with E-state index in [-0.39, 0.29) is 23.9 Å². The van der Waals surface area contributed by atoms with Gasteiger partial charge in [0, 0.05) is 18.3 Å². The predicted octanol–water partition coefficient (Wildman–Crippen LogP) is 2.95. The molecule has 30 heavy (non-hydrogen) atoms. The summed E-state index contributed by atoms with van der Waals surface area (Å²) in [7, 11) is 0. The zero-order valence-corrected chi connectivity index (χ0v) is 17.6. The molecule has 1 aromatic carbocycles. The van der Waals surface area contributed by atoms with Crippen LogP contribution in [0.5, 0.6) is 0 Å². The Morgan fingerprint density at radius 3 is 2.53 bits per heavy atom. The highest BCUT2D eigenvalue weighted by Gasteiger charge is 2.16. The van der Waals surface area contributed by atoms with Crippen molar-refractivity contribution in [1.82, 2.24) is 25.2 Å². The Balaban J connectivity index is 1.75. The van der Waals surface area contributed by atoms with Crippen LogP contribution in [0.25, 0.3) is 11.5 Å². The van der Waals surface area contributed by atoms with Crippen LogP contribution >= 0.6 is 11.8 Å². The minimum Gasteiger partial charge on any atom is -0.300 e. The molecule has 0 saturated heterocycles. The van der Waals surface area contributed by atoms with E-state index >= 15 is 0 Å². The maximum absolute atomic E-state index is 12.2. The van der Waals surface area contributed by atoms with E-state index in [1.54, 1.807) is 13.1 Å². The second-order valence-electron chi connectivity index (χ2n) is 6.64. The lowest BCUT2D eigenvalue weighted by Gasteiger charge is -2.10. The molecule has 154 valence electrons. The number of Topliss-reactive ketones (excluding diaryl/α,β-unsaturated/α-hetero) is 1. The first-order valence-corrected chi connectivity index (χ1v) is 10.3. The van der Waals surface area contributed by atoms with Crippen molar-refractivity contribution in [2.75, 3.05) is 5.75 Å². The van der Waals surface area contributed by atoms with Crippen LogP contribution in [-0.2, 0) is 16.1 Å². The smallest absolute Gasteiger partial charge is 0.250 e. The molecule has 3 aromatic rings. The molecule has 1 amide bonds. The third-order valence-electron chi connectivity index (χ3n) is 4.00. The zero-order valence-electron chi connectivity index (χ0n) is 16.8. The van der Waals surface area contributed by atoms with Gasteiger partial charge in [-0.3, -0.25) is 19.1 Å². The lowest BCUT2D eigenvalue weighted by molar-refractivity contribution is -0.119. The molecule has 0 saturated carbocycles. The average Bonchev–Trinajstić information content (AvgIpc) is 3.14. The highest BCUT2D eigenvalue weighted by molar-refractivity contribution is 7.99. The summed E-state index contributed by atoms with van der Waals surface area (Å²) in [5.41, 5.74) is 4.83. The summed E-state index contributed by atoms with van der Waals surface area (Å²) in [5.74, 6) is 0.469. The number of pyridine rings is 1. The molecule has 8 nitrogen and oxygen atoms in total. The number of aromatic nitrogens is 4. The summed E-state index contributed by atoms with van der Waals surface area (Å²) in [6, 6.07) is 15.6. The summed E-state index contributed by atoms with van der Waals surface area (Å²) >= 11 is 1.27. The molecule has 2 heterocycles. The van der Waals surface area contributed by atoms with Crippen molar-refractivity contribution in [3.8, 4) is 11.5 Å². The Morgan fingerprint density at radius 2 is 1.83 bits per heavy atom. The minimum absolute atomic E-state index is 0.00376. The third-order valence-corrected chi connectivity index (χ3v) is 4.97. The summed E-state index contributed by atoms with van der Waals surface area (Å²) in [5, 5.41) is 13.1. The van der Waals surface area contributed by atoms with Crippen LogP contribution in [0.2, 0.25) is 0 Å². The first-order chi connectivity index (χ1) is 14.5. The number of nitrogens with one attached hydrogen (secondary N) is 1. The lowest BCUT2D eigenvalue weighted by atomic mass is 10.2. The number of hydrogen-bond acceptors (Lipinski definition) is 7. The number of carbonyl (C=O) groups excluding carboxylic acids is 2. The van der Waals surface area contributed by atoms with Crippen molar-refractivity contribution in [3.63, 3.8) is 0 Å². The minimum atomic E-state index is -0.281. The van der Waals surface area contributed by atoms with Crippen LogP contribution < -0.4 is 5.43 Å². The van der Waals surface area contributed by atoms with E-state index in [0.29, 0.717) is 28.9 Å². The van der Waals surface area contributed by atoms with Gasteiger partial charge in [0.25, 0.3) is 5.91 Å². The first-order valence-electron chi connectivity index (χ1n) is 9.35. The van der Waals surface area contributed by atoms with E-state index in [9.17, 15) is 9.59 Å². The summed E-state index contributed by atoms with van der Waals surface area (Å²) in [6.45, 7) is 3.74. The number of ketones is 1. The predicted molar refractivity (Wildman–Crippen MR) is 116 cm³/mol. The standard InChI is InChI=1S/C21H22N6O2S/c1-15(12-16(2)28)23-24-19(29)14-30-21-26-25-20(18-10-6-7-11-22-18)27(21)13-17-8-4-3-5-9-17/h3-11H,12-14H2,1-2H3,(H,24,29)/b23-15+. The Labute approximate surface area is 178 Å². The highest BCUT2D eigenvalue weighted by Crippen LogP contribution is 2.24. The fourth-order valence-electron chi connectivity index (χ4n) is 2.71. The van der Waals surface area contributed by atoms with Crippen molar-refractivity contribution in [2.24, 2.45) is 5.10 Å². The second-order valence-corrected chi connectivity index (χ2v) is 7.58. The molecule has 3 rings (SSSR count). The number of nitrogens with zero attached hydrogens (tertiary/aromatic N) is 5. The molecule has 0 aliphatic rings. The van der Waals surface area contributed by atoms with Crippen LogP contribution in [0.15, 0.2) is 65.0 Å². The average molecular weight is 423 g/mol. The largest absolute Gasteiger partial charge is 0.300 e. The highest BCUT2D eigenvalue weighted by atomic mass is 32.2. The van der Waals surface area contributed by atoms with Crippen LogP contribution in [-0.4, -0.2) is 42.9 Å². The molecule has 0 atom stereocenters. The molecule has 0 aliphatic carbocycles. The molecule has 1 N–H and O–H groups in total. The van der Waals surface area contributed by atoms with Gasteiger partial charge in [0.2, 0.25) is 0 Å². The van der Waals surface area contributed by atoms with Gasteiger partial charge in [-0.15, -0.1) is 10.2 Å². The van der Waals surface area contributed by atoms with Gasteiger partial charge in [0.05, 0.1) is 12.3 Å². The maximum Gasteiger partial charge on any atom is 0.250 e. The fraction of sp³-hybridized carbons (Fsp3) is 0.238. The molecular formula is C21H22N6O2S. The van der Waals surface area contributed by atoms with E-state index in [1.165, 1.54) is 18.7 Å². The van der Waals surface area contributed by atoms with Crippen LogP contribution in [0, 0.1) is 0 Å². The van der Waals surface area contributed by atoms with E-state index in [1.807, 2.05) is 53.1 Å². The molecule has 0 radical (unpaired) electrons. The molecular weight excluding hydrogens is 400 g/mol. The SMILES string of the molecule is CC(=O)C/C(C)=N/NC(=O)CSc1nnc(-c2ccccn2)n1Cc1ccccc1. The summed E-state index contributed by atoms with van der Waals surface area (Å²) in [4.78, 5) is 27.6. The van der Waals surface area contributed by atoms with Crippen molar-refractivity contribution < 1.29 is 9.59 Å². The fourth-order valence-corrected chi connectivity index (χ4v) is 3.44. The van der Waals surface area contributed by atoms with Gasteiger partial charge >= 0.3 is 0 Å². The van der Waals surface area contributed by atoms with Gasteiger partial charge in [0.1, 0.15) is 11.5 Å². The molecule has 0 unspecified atom stereocenters. The van der Waals surface area contributed by atoms with Crippen molar-refractivity contribution >= 4 is 29.2 Å². The number of hydrazone groups is 1. The molecule has 2 aromatic heterocycles. The first kappa shape index (κ1) is 21.4. The maximum atomic E-state index is 12.2. The quantitative estimate of drug-likeness (QED) is 0.323. The molecule has 0 fully saturated rings. The van der Waals surface area contributed by atoms with Gasteiger partial charge in [-0.2, -0.15) is 5.10 Å². The molecule has 0 aliphatic heterocycles. The number of rotatable bonds is 9. The van der Waals surface area contributed by atoms with Crippen LogP contribution in [0.1, 0.15) is 25.8 Å². The van der Waals surface area contributed by atoms with Gasteiger partial charge in [-0.25, -0.2) is 5.43 Å². The van der Waals surface area contributed by atoms with E-state index in [4.69, 9.17) is 0 Å². The third kappa shape index (κ3) is 6.08. The molecule has 0 bridgehead atoms. The second kappa shape index (κ2) is 10.4. The van der Waals surface area contributed by atoms with Gasteiger partial charge in [0.15, 0.2) is 11.0 Å². The van der Waals surface area contributed by atoms with Crippen LogP contribution in [0.4, 0.5) is 0 Å². The number of carbonyl (C=O) groups is 2. The molecule has 9 heteroatoms. The number of thioether (sulfide) groups is 1. The van der Waals surface area contributed by atoms with Crippen molar-refractivity contribution in [1.29, 1.82) is 0 Å². The van der Waals surface area contributed by atoms with Crippen molar-refractivity contribution in [3.05, 3.63) is 60.3 Å². The zero-order chi connectivity index (χ0) is 21.3. The topological polar surface area (TPSA) is 102 Å². The number of amides is 1. The van der Waals surface area contributed by atoms with Gasteiger partial charge < -0.3 is 0 Å².